The molecule has 2 heterocycles. The van der Waals surface area contributed by atoms with Crippen molar-refractivity contribution in [3.63, 3.8) is 0 Å². The molecule has 0 spiro atoms. The van der Waals surface area contributed by atoms with Gasteiger partial charge in [0.05, 0.1) is 11.1 Å². The van der Waals surface area contributed by atoms with E-state index in [-0.39, 0.29) is 49.4 Å². The summed E-state index contributed by atoms with van der Waals surface area (Å²) >= 11 is 0. The number of hydrogen-bond acceptors (Lipinski definition) is 5. The number of fused-ring (bicyclic) bond motifs is 1. The van der Waals surface area contributed by atoms with E-state index in [0.717, 1.165) is 24.2 Å². The number of imide groups is 1. The SMILES string of the molecule is C[C@@H]1CCC[C@H](C)N1C(=O)COC(=O)CCCN1C(=O)c2ccccc2C1=O. The van der Waals surface area contributed by atoms with Gasteiger partial charge in [0.25, 0.3) is 17.7 Å². The van der Waals surface area contributed by atoms with E-state index in [9.17, 15) is 19.2 Å². The van der Waals surface area contributed by atoms with Crippen molar-refractivity contribution in [1.82, 2.24) is 9.80 Å². The zero-order valence-electron chi connectivity index (χ0n) is 16.3. The predicted molar refractivity (Wildman–Crippen MR) is 102 cm³/mol. The summed E-state index contributed by atoms with van der Waals surface area (Å²) in [5.74, 6) is -1.34. The summed E-state index contributed by atoms with van der Waals surface area (Å²) < 4.78 is 5.12. The monoisotopic (exact) mass is 386 g/mol. The third-order valence-corrected chi connectivity index (χ3v) is 5.48. The average Bonchev–Trinajstić information content (AvgIpc) is 2.91. The lowest BCUT2D eigenvalue weighted by molar-refractivity contribution is -0.154. The molecule has 7 heteroatoms. The van der Waals surface area contributed by atoms with E-state index in [2.05, 4.69) is 0 Å². The van der Waals surface area contributed by atoms with Crippen molar-refractivity contribution >= 4 is 23.7 Å². The second kappa shape index (κ2) is 8.54. The summed E-state index contributed by atoms with van der Waals surface area (Å²) in [6, 6.07) is 6.99. The molecule has 0 radical (unpaired) electrons. The van der Waals surface area contributed by atoms with Gasteiger partial charge in [-0.1, -0.05) is 12.1 Å². The minimum Gasteiger partial charge on any atom is -0.456 e. The van der Waals surface area contributed by atoms with Crippen molar-refractivity contribution in [2.45, 2.75) is 58.0 Å². The number of carbonyl (C=O) groups is 4. The van der Waals surface area contributed by atoms with Crippen LogP contribution in [0.3, 0.4) is 0 Å². The van der Waals surface area contributed by atoms with Gasteiger partial charge in [0.1, 0.15) is 0 Å². The van der Waals surface area contributed by atoms with Crippen molar-refractivity contribution in [1.29, 1.82) is 0 Å². The number of ether oxygens (including phenoxy) is 1. The van der Waals surface area contributed by atoms with E-state index in [0.29, 0.717) is 17.5 Å². The predicted octanol–water partition coefficient (Wildman–Crippen LogP) is 2.40. The maximum absolute atomic E-state index is 12.4. The maximum Gasteiger partial charge on any atom is 0.306 e. The number of hydrogen-bond donors (Lipinski definition) is 0. The highest BCUT2D eigenvalue weighted by atomic mass is 16.5. The normalized spacial score (nSPS) is 21.6. The number of carbonyl (C=O) groups excluding carboxylic acids is 4. The Kier molecular flexibility index (Phi) is 6.11. The number of nitrogens with zero attached hydrogens (tertiary/aromatic N) is 2. The molecule has 28 heavy (non-hydrogen) atoms. The Morgan fingerprint density at radius 1 is 1.04 bits per heavy atom. The van der Waals surface area contributed by atoms with Crippen molar-refractivity contribution in [2.24, 2.45) is 0 Å². The van der Waals surface area contributed by atoms with Crippen LogP contribution in [-0.4, -0.2) is 58.7 Å². The molecule has 1 saturated heterocycles. The zero-order valence-corrected chi connectivity index (χ0v) is 16.3. The third kappa shape index (κ3) is 4.08. The van der Waals surface area contributed by atoms with Crippen molar-refractivity contribution in [2.75, 3.05) is 13.2 Å². The second-order valence-electron chi connectivity index (χ2n) is 7.50. The molecule has 1 aromatic carbocycles. The van der Waals surface area contributed by atoms with Crippen LogP contribution in [0.5, 0.6) is 0 Å². The maximum atomic E-state index is 12.4. The number of amides is 3. The van der Waals surface area contributed by atoms with Gasteiger partial charge in [-0.25, -0.2) is 0 Å². The molecular formula is C21H26N2O5. The lowest BCUT2D eigenvalue weighted by atomic mass is 9.97. The molecule has 2 aliphatic heterocycles. The first-order valence-corrected chi connectivity index (χ1v) is 9.82. The Hall–Kier alpha value is -2.70. The van der Waals surface area contributed by atoms with E-state index in [4.69, 9.17) is 4.74 Å². The largest absolute Gasteiger partial charge is 0.456 e. The van der Waals surface area contributed by atoms with Crippen LogP contribution in [0.1, 0.15) is 66.7 Å². The molecular weight excluding hydrogens is 360 g/mol. The van der Waals surface area contributed by atoms with E-state index in [1.165, 1.54) is 0 Å². The molecule has 150 valence electrons. The Morgan fingerprint density at radius 2 is 1.61 bits per heavy atom. The third-order valence-electron chi connectivity index (χ3n) is 5.48. The van der Waals surface area contributed by atoms with Gasteiger partial charge >= 0.3 is 5.97 Å². The first-order chi connectivity index (χ1) is 13.4. The van der Waals surface area contributed by atoms with Crippen LogP contribution >= 0.6 is 0 Å². The van der Waals surface area contributed by atoms with Crippen molar-refractivity contribution in [3.8, 4) is 0 Å². The molecule has 1 fully saturated rings. The average molecular weight is 386 g/mol. The quantitative estimate of drug-likeness (QED) is 0.554. The summed E-state index contributed by atoms with van der Waals surface area (Å²) in [6.45, 7) is 3.91. The standard InChI is InChI=1S/C21H26N2O5/c1-14-7-5-8-15(2)23(14)18(24)13-28-19(25)11-6-12-22-20(26)16-9-3-4-10-17(16)21(22)27/h3-4,9-10,14-15H,5-8,11-13H2,1-2H3/t14-,15+. The Labute approximate surface area is 164 Å². The summed E-state index contributed by atoms with van der Waals surface area (Å²) in [5.41, 5.74) is 0.788. The van der Waals surface area contributed by atoms with Crippen LogP contribution in [0.25, 0.3) is 0 Å². The summed E-state index contributed by atoms with van der Waals surface area (Å²) in [7, 11) is 0. The fourth-order valence-electron chi connectivity index (χ4n) is 4.03. The Bertz CT molecular complexity index is 746. The molecule has 7 nitrogen and oxygen atoms in total. The van der Waals surface area contributed by atoms with Gasteiger partial charge in [-0.2, -0.15) is 0 Å². The van der Waals surface area contributed by atoms with Gasteiger partial charge < -0.3 is 9.64 Å². The molecule has 0 aromatic heterocycles. The molecule has 0 unspecified atom stereocenters. The fraction of sp³-hybridized carbons (Fsp3) is 0.524. The number of piperidine rings is 1. The van der Waals surface area contributed by atoms with Crippen LogP contribution in [0.2, 0.25) is 0 Å². The van der Waals surface area contributed by atoms with Gasteiger partial charge in [-0.05, 0) is 51.7 Å². The van der Waals surface area contributed by atoms with E-state index in [1.54, 1.807) is 29.2 Å². The topological polar surface area (TPSA) is 84.0 Å². The van der Waals surface area contributed by atoms with Crippen LogP contribution < -0.4 is 0 Å². The van der Waals surface area contributed by atoms with Crippen LogP contribution in [0.15, 0.2) is 24.3 Å². The Balaban J connectivity index is 1.42. The second-order valence-corrected chi connectivity index (χ2v) is 7.50. The van der Waals surface area contributed by atoms with Gasteiger partial charge in [-0.15, -0.1) is 0 Å². The summed E-state index contributed by atoms with van der Waals surface area (Å²) in [6.07, 6.45) is 3.37. The van der Waals surface area contributed by atoms with Crippen LogP contribution in [0.4, 0.5) is 0 Å². The lowest BCUT2D eigenvalue weighted by Crippen LogP contribution is -2.49. The Morgan fingerprint density at radius 3 is 2.18 bits per heavy atom. The molecule has 3 amide bonds. The molecule has 2 aliphatic rings. The van der Waals surface area contributed by atoms with Gasteiger partial charge in [0.15, 0.2) is 6.61 Å². The highest BCUT2D eigenvalue weighted by molar-refractivity contribution is 6.21. The van der Waals surface area contributed by atoms with Crippen molar-refractivity contribution < 1.29 is 23.9 Å². The van der Waals surface area contributed by atoms with E-state index >= 15 is 0 Å². The molecule has 0 bridgehead atoms. The number of likely N-dealkylation sites (tertiary alicyclic amines) is 1. The highest BCUT2D eigenvalue weighted by Gasteiger charge is 2.34. The van der Waals surface area contributed by atoms with E-state index in [1.807, 2.05) is 13.8 Å². The van der Waals surface area contributed by atoms with Gasteiger partial charge in [0.2, 0.25) is 0 Å². The molecule has 3 rings (SSSR count). The first-order valence-electron chi connectivity index (χ1n) is 9.82. The highest BCUT2D eigenvalue weighted by Crippen LogP contribution is 2.23. The number of esters is 1. The van der Waals surface area contributed by atoms with E-state index < -0.39 is 5.97 Å². The first kappa shape index (κ1) is 20.0. The number of benzene rings is 1. The van der Waals surface area contributed by atoms with Gasteiger partial charge in [0, 0.05) is 25.0 Å². The minimum atomic E-state index is -0.498. The minimum absolute atomic E-state index is 0.0474. The lowest BCUT2D eigenvalue weighted by Gasteiger charge is -2.38. The molecule has 0 N–H and O–H groups in total. The summed E-state index contributed by atoms with van der Waals surface area (Å²) in [5, 5.41) is 0. The van der Waals surface area contributed by atoms with Gasteiger partial charge in [-0.3, -0.25) is 24.1 Å². The summed E-state index contributed by atoms with van der Waals surface area (Å²) in [4.78, 5) is 51.8. The fourth-order valence-corrected chi connectivity index (χ4v) is 4.03. The molecule has 2 atom stereocenters. The van der Waals surface area contributed by atoms with Crippen LogP contribution in [0, 0.1) is 0 Å². The van der Waals surface area contributed by atoms with Crippen molar-refractivity contribution in [3.05, 3.63) is 35.4 Å². The zero-order chi connectivity index (χ0) is 20.3. The molecule has 0 saturated carbocycles. The number of rotatable bonds is 6. The smallest absolute Gasteiger partial charge is 0.306 e. The van der Waals surface area contributed by atoms with Crippen LogP contribution in [-0.2, 0) is 14.3 Å². The molecule has 0 aliphatic carbocycles. The molecule has 1 aromatic rings.